The summed E-state index contributed by atoms with van der Waals surface area (Å²) in [5, 5.41) is 0. The molecule has 0 aromatic rings. The van der Waals surface area contributed by atoms with Crippen molar-refractivity contribution in [2.24, 2.45) is 5.92 Å². The first kappa shape index (κ1) is 10.1. The average molecular weight is 196 g/mol. The molecule has 0 bridgehead atoms. The van der Waals surface area contributed by atoms with Gasteiger partial charge in [0.05, 0.1) is 6.54 Å². The Kier molecular flexibility index (Phi) is 2.88. The van der Waals surface area contributed by atoms with Gasteiger partial charge in [-0.25, -0.2) is 0 Å². The first-order chi connectivity index (χ1) is 6.66. The molecule has 14 heavy (non-hydrogen) atoms. The minimum atomic E-state index is 0.424. The molecule has 1 saturated heterocycles. The van der Waals surface area contributed by atoms with Gasteiger partial charge in [0.25, 0.3) is 0 Å². The predicted octanol–water partition coefficient (Wildman–Crippen LogP) is 0.601. The summed E-state index contributed by atoms with van der Waals surface area (Å²) in [6, 6.07) is 0.655. The van der Waals surface area contributed by atoms with Crippen molar-refractivity contribution in [3.8, 4) is 0 Å². The van der Waals surface area contributed by atoms with Crippen LogP contribution in [0, 0.1) is 5.92 Å². The molecule has 1 atom stereocenters. The molecule has 0 amide bonds. The van der Waals surface area contributed by atoms with Gasteiger partial charge in [0.2, 0.25) is 0 Å². The topological polar surface area (TPSA) is 23.6 Å². The number of carbonyl (C=O) groups is 1. The normalized spacial score (nSPS) is 28.6. The van der Waals surface area contributed by atoms with Crippen LogP contribution < -0.4 is 0 Å². The Bertz CT molecular complexity index is 223. The molecule has 1 aliphatic heterocycles. The third-order valence-corrected chi connectivity index (χ3v) is 3.39. The highest BCUT2D eigenvalue weighted by Crippen LogP contribution is 2.30. The van der Waals surface area contributed by atoms with Gasteiger partial charge in [0.15, 0.2) is 0 Å². The molecular weight excluding hydrogens is 176 g/mol. The summed E-state index contributed by atoms with van der Waals surface area (Å²) in [7, 11) is 4.24. The molecule has 0 aromatic heterocycles. The third kappa shape index (κ3) is 2.34. The van der Waals surface area contributed by atoms with E-state index >= 15 is 0 Å². The van der Waals surface area contributed by atoms with Crippen molar-refractivity contribution < 1.29 is 4.79 Å². The molecule has 0 spiro atoms. The second-order valence-corrected chi connectivity index (χ2v) is 4.88. The number of hydrogen-bond acceptors (Lipinski definition) is 3. The van der Waals surface area contributed by atoms with Gasteiger partial charge in [-0.3, -0.25) is 9.69 Å². The Morgan fingerprint density at radius 2 is 2.07 bits per heavy atom. The fraction of sp³-hybridized carbons (Fsp3) is 0.909. The van der Waals surface area contributed by atoms with E-state index in [1.165, 1.54) is 6.42 Å². The summed E-state index contributed by atoms with van der Waals surface area (Å²) in [5.41, 5.74) is 0. The first-order valence-corrected chi connectivity index (χ1v) is 5.58. The van der Waals surface area contributed by atoms with Gasteiger partial charge in [0.1, 0.15) is 5.78 Å². The largest absolute Gasteiger partial charge is 0.305 e. The highest BCUT2D eigenvalue weighted by atomic mass is 16.1. The van der Waals surface area contributed by atoms with Crippen LogP contribution in [-0.4, -0.2) is 55.4 Å². The molecule has 2 fully saturated rings. The maximum atomic E-state index is 11.6. The lowest BCUT2D eigenvalue weighted by molar-refractivity contribution is -0.121. The van der Waals surface area contributed by atoms with Crippen molar-refractivity contribution in [3.63, 3.8) is 0 Å². The fourth-order valence-electron chi connectivity index (χ4n) is 2.13. The van der Waals surface area contributed by atoms with Crippen molar-refractivity contribution in [1.29, 1.82) is 0 Å². The zero-order valence-electron chi connectivity index (χ0n) is 9.20. The molecule has 2 rings (SSSR count). The number of likely N-dealkylation sites (N-methyl/N-ethyl adjacent to an activating group) is 1. The average Bonchev–Trinajstić information content (AvgIpc) is 2.87. The molecule has 1 aliphatic carbocycles. The molecule has 0 aromatic carbocycles. The summed E-state index contributed by atoms with van der Waals surface area (Å²) in [6.45, 7) is 2.88. The van der Waals surface area contributed by atoms with Gasteiger partial charge in [0, 0.05) is 25.0 Å². The number of nitrogens with zero attached hydrogens (tertiary/aromatic N) is 2. The summed E-state index contributed by atoms with van der Waals surface area (Å²) in [6.07, 6.45) is 3.50. The minimum Gasteiger partial charge on any atom is -0.305 e. The van der Waals surface area contributed by atoms with E-state index in [1.807, 2.05) is 0 Å². The summed E-state index contributed by atoms with van der Waals surface area (Å²) < 4.78 is 0. The van der Waals surface area contributed by atoms with Crippen molar-refractivity contribution in [1.82, 2.24) is 9.80 Å². The minimum absolute atomic E-state index is 0.424. The van der Waals surface area contributed by atoms with Crippen LogP contribution in [0.2, 0.25) is 0 Å². The summed E-state index contributed by atoms with van der Waals surface area (Å²) in [4.78, 5) is 16.2. The van der Waals surface area contributed by atoms with Crippen molar-refractivity contribution in [2.75, 3.05) is 33.7 Å². The number of carbonyl (C=O) groups excluding carboxylic acids is 1. The van der Waals surface area contributed by atoms with Crippen molar-refractivity contribution in [3.05, 3.63) is 0 Å². The van der Waals surface area contributed by atoms with Crippen LogP contribution in [0.25, 0.3) is 0 Å². The number of rotatable bonds is 4. The van der Waals surface area contributed by atoms with Crippen LogP contribution in [0.5, 0.6) is 0 Å². The van der Waals surface area contributed by atoms with E-state index in [1.54, 1.807) is 0 Å². The van der Waals surface area contributed by atoms with Gasteiger partial charge >= 0.3 is 0 Å². The van der Waals surface area contributed by atoms with Crippen LogP contribution in [0.3, 0.4) is 0 Å². The fourth-order valence-corrected chi connectivity index (χ4v) is 2.13. The zero-order chi connectivity index (χ0) is 10.1. The van der Waals surface area contributed by atoms with Crippen molar-refractivity contribution in [2.45, 2.75) is 25.3 Å². The molecule has 0 N–H and O–H groups in total. The van der Waals surface area contributed by atoms with E-state index < -0.39 is 0 Å². The van der Waals surface area contributed by atoms with Crippen LogP contribution >= 0.6 is 0 Å². The second-order valence-electron chi connectivity index (χ2n) is 4.88. The van der Waals surface area contributed by atoms with Gasteiger partial charge in [-0.05, 0) is 33.4 Å². The SMILES string of the molecule is CN(C)C1CCN(CC(=O)C2CC2)C1. The molecule has 3 nitrogen and oxygen atoms in total. The number of hydrogen-bond donors (Lipinski definition) is 0. The monoisotopic (exact) mass is 196 g/mol. The maximum Gasteiger partial charge on any atom is 0.149 e. The van der Waals surface area contributed by atoms with Crippen LogP contribution in [0.1, 0.15) is 19.3 Å². The number of ketones is 1. The lowest BCUT2D eigenvalue weighted by Gasteiger charge is -2.19. The van der Waals surface area contributed by atoms with Crippen molar-refractivity contribution >= 4 is 5.78 Å². The maximum absolute atomic E-state index is 11.6. The molecular formula is C11H20N2O. The lowest BCUT2D eigenvalue weighted by Crippen LogP contribution is -2.34. The van der Waals surface area contributed by atoms with Gasteiger partial charge < -0.3 is 4.90 Å². The smallest absolute Gasteiger partial charge is 0.149 e. The second kappa shape index (κ2) is 3.99. The Labute approximate surface area is 86.1 Å². The van der Waals surface area contributed by atoms with E-state index in [9.17, 15) is 4.79 Å². The molecule has 1 saturated carbocycles. The van der Waals surface area contributed by atoms with E-state index in [2.05, 4.69) is 23.9 Å². The first-order valence-electron chi connectivity index (χ1n) is 5.58. The summed E-state index contributed by atoms with van der Waals surface area (Å²) >= 11 is 0. The van der Waals surface area contributed by atoms with Crippen LogP contribution in [0.4, 0.5) is 0 Å². The molecule has 1 heterocycles. The number of Topliss-reactive ketones (excluding diaryl/α,β-unsaturated/α-hetero) is 1. The molecule has 2 aliphatic rings. The molecule has 0 radical (unpaired) electrons. The van der Waals surface area contributed by atoms with Gasteiger partial charge in [-0.1, -0.05) is 0 Å². The standard InChI is InChI=1S/C11H20N2O/c1-12(2)10-5-6-13(7-10)8-11(14)9-3-4-9/h9-10H,3-8H2,1-2H3. The van der Waals surface area contributed by atoms with E-state index in [4.69, 9.17) is 0 Å². The Morgan fingerprint density at radius 3 is 2.57 bits per heavy atom. The quantitative estimate of drug-likeness (QED) is 0.658. The van der Waals surface area contributed by atoms with E-state index in [0.29, 0.717) is 24.3 Å². The zero-order valence-corrected chi connectivity index (χ0v) is 9.20. The molecule has 80 valence electrons. The lowest BCUT2D eigenvalue weighted by atomic mass is 10.2. The van der Waals surface area contributed by atoms with E-state index in [-0.39, 0.29) is 0 Å². The highest BCUT2D eigenvalue weighted by Gasteiger charge is 2.32. The Balaban J connectivity index is 1.75. The predicted molar refractivity (Wildman–Crippen MR) is 56.3 cm³/mol. The Hall–Kier alpha value is -0.410. The number of likely N-dealkylation sites (tertiary alicyclic amines) is 1. The van der Waals surface area contributed by atoms with Crippen LogP contribution in [0.15, 0.2) is 0 Å². The third-order valence-electron chi connectivity index (χ3n) is 3.39. The van der Waals surface area contributed by atoms with Gasteiger partial charge in [-0.2, -0.15) is 0 Å². The summed E-state index contributed by atoms with van der Waals surface area (Å²) in [5.74, 6) is 0.901. The van der Waals surface area contributed by atoms with Gasteiger partial charge in [-0.15, -0.1) is 0 Å². The van der Waals surface area contributed by atoms with E-state index in [0.717, 1.165) is 25.9 Å². The molecule has 1 unspecified atom stereocenters. The Morgan fingerprint density at radius 1 is 1.36 bits per heavy atom. The molecule has 3 heteroatoms. The highest BCUT2D eigenvalue weighted by molar-refractivity contribution is 5.85. The van der Waals surface area contributed by atoms with Crippen LogP contribution in [-0.2, 0) is 4.79 Å².